The summed E-state index contributed by atoms with van der Waals surface area (Å²) in [5, 5.41) is 1.02. The minimum atomic E-state index is -0.372. The number of nitrogens with zero attached hydrogens (tertiary/aromatic N) is 1. The second kappa shape index (κ2) is 7.50. The van der Waals surface area contributed by atoms with Crippen LogP contribution in [0.2, 0.25) is 0 Å². The standard InChI is InChI=1S/C20H14ClNO4S/c21-9-3-6-18(23)26-12-7-8-13-16(10-12)25-11-14(19(13)24)20-22-15-4-1-2-5-17(15)27-20/h1-2,4-5,7-8,10-11H,3,6,9H2. The molecule has 2 aromatic carbocycles. The number of rotatable bonds is 5. The van der Waals surface area contributed by atoms with E-state index in [0.717, 1.165) is 10.2 Å². The lowest BCUT2D eigenvalue weighted by Crippen LogP contribution is -2.08. The van der Waals surface area contributed by atoms with Crippen LogP contribution in [-0.4, -0.2) is 16.8 Å². The summed E-state index contributed by atoms with van der Waals surface area (Å²) < 4.78 is 11.9. The number of thiazole rings is 1. The fraction of sp³-hybridized carbons (Fsp3) is 0.150. The van der Waals surface area contributed by atoms with Crippen LogP contribution in [0.25, 0.3) is 31.8 Å². The third-order valence-corrected chi connectivity index (χ3v) is 5.35. The lowest BCUT2D eigenvalue weighted by molar-refractivity contribution is -0.134. The normalized spacial score (nSPS) is 11.1. The molecular weight excluding hydrogens is 386 g/mol. The molecule has 0 radical (unpaired) electrons. The molecule has 0 unspecified atom stereocenters. The third kappa shape index (κ3) is 3.59. The summed E-state index contributed by atoms with van der Waals surface area (Å²) in [5.41, 5.74) is 1.44. The molecular formula is C20H14ClNO4S. The molecule has 4 rings (SSSR count). The van der Waals surface area contributed by atoms with Crippen LogP contribution >= 0.6 is 22.9 Å². The number of carbonyl (C=O) groups excluding carboxylic acids is 1. The number of para-hydroxylation sites is 1. The average Bonchev–Trinajstić information content (AvgIpc) is 3.10. The third-order valence-electron chi connectivity index (χ3n) is 4.02. The van der Waals surface area contributed by atoms with Crippen molar-refractivity contribution in [1.29, 1.82) is 0 Å². The smallest absolute Gasteiger partial charge is 0.311 e. The van der Waals surface area contributed by atoms with Crippen LogP contribution in [0.5, 0.6) is 5.75 Å². The maximum absolute atomic E-state index is 12.9. The second-order valence-corrected chi connectivity index (χ2v) is 7.30. The zero-order chi connectivity index (χ0) is 18.8. The quantitative estimate of drug-likeness (QED) is 0.268. The van der Waals surface area contributed by atoms with Crippen LogP contribution in [-0.2, 0) is 4.79 Å². The molecule has 0 saturated heterocycles. The van der Waals surface area contributed by atoms with Gasteiger partial charge in [0, 0.05) is 18.4 Å². The first-order chi connectivity index (χ1) is 13.2. The van der Waals surface area contributed by atoms with Gasteiger partial charge >= 0.3 is 5.97 Å². The lowest BCUT2D eigenvalue weighted by Gasteiger charge is -2.05. The Balaban J connectivity index is 1.69. The van der Waals surface area contributed by atoms with Crippen molar-refractivity contribution in [2.24, 2.45) is 0 Å². The highest BCUT2D eigenvalue weighted by molar-refractivity contribution is 7.21. The Morgan fingerprint density at radius 1 is 1.22 bits per heavy atom. The highest BCUT2D eigenvalue weighted by Crippen LogP contribution is 2.30. The molecule has 0 atom stereocenters. The number of ether oxygens (including phenoxy) is 1. The number of benzene rings is 2. The van der Waals surface area contributed by atoms with Crippen molar-refractivity contribution in [3.05, 3.63) is 59.0 Å². The summed E-state index contributed by atoms with van der Waals surface area (Å²) in [5.74, 6) is 0.359. The van der Waals surface area contributed by atoms with Crippen molar-refractivity contribution in [3.8, 4) is 16.3 Å². The molecule has 136 valence electrons. The van der Waals surface area contributed by atoms with Crippen LogP contribution in [0.4, 0.5) is 0 Å². The van der Waals surface area contributed by atoms with E-state index in [0.29, 0.717) is 39.6 Å². The number of esters is 1. The number of aromatic nitrogens is 1. The largest absolute Gasteiger partial charge is 0.463 e. The van der Waals surface area contributed by atoms with E-state index in [-0.39, 0.29) is 17.8 Å². The summed E-state index contributed by atoms with van der Waals surface area (Å²) in [6, 6.07) is 12.4. The Hall–Kier alpha value is -2.70. The van der Waals surface area contributed by atoms with Gasteiger partial charge in [0.15, 0.2) is 0 Å². The van der Waals surface area contributed by atoms with Gasteiger partial charge in [-0.1, -0.05) is 12.1 Å². The van der Waals surface area contributed by atoms with E-state index in [4.69, 9.17) is 20.8 Å². The number of fused-ring (bicyclic) bond motifs is 2. The average molecular weight is 400 g/mol. The van der Waals surface area contributed by atoms with E-state index in [2.05, 4.69) is 4.98 Å². The molecule has 0 aliphatic heterocycles. The van der Waals surface area contributed by atoms with Crippen LogP contribution in [0.15, 0.2) is 57.9 Å². The predicted octanol–water partition coefficient (Wildman–Crippen LogP) is 4.99. The van der Waals surface area contributed by atoms with Crippen LogP contribution in [0.3, 0.4) is 0 Å². The van der Waals surface area contributed by atoms with E-state index in [1.165, 1.54) is 23.7 Å². The minimum Gasteiger partial charge on any atom is -0.463 e. The van der Waals surface area contributed by atoms with Gasteiger partial charge in [-0.2, -0.15) is 0 Å². The van der Waals surface area contributed by atoms with Gasteiger partial charge in [-0.15, -0.1) is 22.9 Å². The van der Waals surface area contributed by atoms with Crippen molar-refractivity contribution in [1.82, 2.24) is 4.98 Å². The zero-order valence-corrected chi connectivity index (χ0v) is 15.7. The molecule has 0 aliphatic carbocycles. The Morgan fingerprint density at radius 3 is 2.89 bits per heavy atom. The van der Waals surface area contributed by atoms with Gasteiger partial charge in [0.05, 0.1) is 21.2 Å². The second-order valence-electron chi connectivity index (χ2n) is 5.89. The Bertz CT molecular complexity index is 1160. The highest BCUT2D eigenvalue weighted by atomic mass is 35.5. The Labute approximate surface area is 163 Å². The van der Waals surface area contributed by atoms with E-state index in [9.17, 15) is 9.59 Å². The van der Waals surface area contributed by atoms with Gasteiger partial charge in [0.2, 0.25) is 5.43 Å². The van der Waals surface area contributed by atoms with Gasteiger partial charge in [-0.05, 0) is 30.7 Å². The number of carbonyl (C=O) groups is 1. The Morgan fingerprint density at radius 2 is 2.07 bits per heavy atom. The molecule has 2 heterocycles. The summed E-state index contributed by atoms with van der Waals surface area (Å²) >= 11 is 7.01. The first-order valence-electron chi connectivity index (χ1n) is 8.34. The summed E-state index contributed by atoms with van der Waals surface area (Å²) in [4.78, 5) is 29.1. The molecule has 0 saturated carbocycles. The Kier molecular flexibility index (Phi) is 4.92. The predicted molar refractivity (Wildman–Crippen MR) is 107 cm³/mol. The number of alkyl halides is 1. The molecule has 0 bridgehead atoms. The van der Waals surface area contributed by atoms with Crippen LogP contribution in [0.1, 0.15) is 12.8 Å². The molecule has 5 nitrogen and oxygen atoms in total. The lowest BCUT2D eigenvalue weighted by atomic mass is 10.1. The van der Waals surface area contributed by atoms with Crippen molar-refractivity contribution >= 4 is 50.1 Å². The molecule has 0 fully saturated rings. The van der Waals surface area contributed by atoms with E-state index in [1.54, 1.807) is 12.1 Å². The molecule has 7 heteroatoms. The SMILES string of the molecule is O=C(CCCCl)Oc1ccc2c(=O)c(-c3nc4ccccc4s3)coc2c1. The number of hydrogen-bond acceptors (Lipinski definition) is 6. The maximum atomic E-state index is 12.9. The molecule has 0 amide bonds. The monoisotopic (exact) mass is 399 g/mol. The van der Waals surface area contributed by atoms with Crippen LogP contribution < -0.4 is 10.2 Å². The molecule has 27 heavy (non-hydrogen) atoms. The molecule has 2 aromatic heterocycles. The fourth-order valence-corrected chi connectivity index (χ4v) is 3.80. The molecule has 4 aromatic rings. The maximum Gasteiger partial charge on any atom is 0.311 e. The summed E-state index contributed by atoms with van der Waals surface area (Å²) in [6.07, 6.45) is 2.19. The van der Waals surface area contributed by atoms with Gasteiger partial charge < -0.3 is 9.15 Å². The zero-order valence-electron chi connectivity index (χ0n) is 14.1. The van der Waals surface area contributed by atoms with Gasteiger partial charge in [0.1, 0.15) is 22.6 Å². The van der Waals surface area contributed by atoms with Crippen molar-refractivity contribution in [3.63, 3.8) is 0 Å². The summed E-state index contributed by atoms with van der Waals surface area (Å²) in [7, 11) is 0. The first kappa shape index (κ1) is 17.7. The topological polar surface area (TPSA) is 69.4 Å². The van der Waals surface area contributed by atoms with Crippen molar-refractivity contribution in [2.75, 3.05) is 5.88 Å². The van der Waals surface area contributed by atoms with E-state index in [1.807, 2.05) is 24.3 Å². The molecule has 0 N–H and O–H groups in total. The van der Waals surface area contributed by atoms with Crippen molar-refractivity contribution < 1.29 is 13.9 Å². The highest BCUT2D eigenvalue weighted by Gasteiger charge is 2.14. The van der Waals surface area contributed by atoms with Gasteiger partial charge in [0.25, 0.3) is 0 Å². The fourth-order valence-electron chi connectivity index (χ4n) is 2.70. The van der Waals surface area contributed by atoms with Gasteiger partial charge in [-0.3, -0.25) is 9.59 Å². The minimum absolute atomic E-state index is 0.171. The van der Waals surface area contributed by atoms with E-state index >= 15 is 0 Å². The van der Waals surface area contributed by atoms with Crippen molar-refractivity contribution in [2.45, 2.75) is 12.8 Å². The van der Waals surface area contributed by atoms with Gasteiger partial charge in [-0.25, -0.2) is 4.98 Å². The van der Waals surface area contributed by atoms with E-state index < -0.39 is 0 Å². The summed E-state index contributed by atoms with van der Waals surface area (Å²) in [6.45, 7) is 0. The first-order valence-corrected chi connectivity index (χ1v) is 9.69. The van der Waals surface area contributed by atoms with Crippen LogP contribution in [0, 0.1) is 0 Å². The number of hydrogen-bond donors (Lipinski definition) is 0. The number of halogens is 1. The molecule has 0 spiro atoms. The molecule has 0 aliphatic rings.